The Kier molecular flexibility index (Phi) is 7.39. The first-order valence-electron chi connectivity index (χ1n) is 18.7. The fourth-order valence-corrected chi connectivity index (χ4v) is 9.52. The summed E-state index contributed by atoms with van der Waals surface area (Å²) in [5, 5.41) is 7.30. The summed E-state index contributed by atoms with van der Waals surface area (Å²) >= 11 is 1.87. The SMILES string of the molecule is c1ccc(-c2ccc3c(oc4ccccc43)c2N(c2ccc(-c3cccc4ccccc34)cc2)c2ccc(-c3cccc4c3sc3ccccc34)cc2)cc1. The lowest BCUT2D eigenvalue weighted by molar-refractivity contribution is 0.669. The topological polar surface area (TPSA) is 16.4 Å². The smallest absolute Gasteiger partial charge is 0.160 e. The number of anilines is 3. The van der Waals surface area contributed by atoms with Gasteiger partial charge in [-0.3, -0.25) is 0 Å². The van der Waals surface area contributed by atoms with Crippen molar-refractivity contribution in [3.63, 3.8) is 0 Å². The van der Waals surface area contributed by atoms with Crippen molar-refractivity contribution in [3.8, 4) is 33.4 Å². The Balaban J connectivity index is 1.13. The van der Waals surface area contributed by atoms with Crippen molar-refractivity contribution >= 4 is 81.3 Å². The maximum atomic E-state index is 6.84. The van der Waals surface area contributed by atoms with Crippen molar-refractivity contribution in [1.82, 2.24) is 0 Å². The summed E-state index contributed by atoms with van der Waals surface area (Å²) in [5.74, 6) is 0. The number of rotatable bonds is 6. The predicted molar refractivity (Wildman–Crippen MR) is 235 cm³/mol. The summed E-state index contributed by atoms with van der Waals surface area (Å²) in [7, 11) is 0. The second-order valence-corrected chi connectivity index (χ2v) is 15.1. The first-order chi connectivity index (χ1) is 27.3. The number of hydrogen-bond acceptors (Lipinski definition) is 3. The van der Waals surface area contributed by atoms with Crippen molar-refractivity contribution in [1.29, 1.82) is 0 Å². The number of nitrogens with zero attached hydrogens (tertiary/aromatic N) is 1. The van der Waals surface area contributed by atoms with Gasteiger partial charge in [0.05, 0.1) is 5.69 Å². The highest BCUT2D eigenvalue weighted by atomic mass is 32.1. The molecule has 2 heterocycles. The highest BCUT2D eigenvalue weighted by Crippen LogP contribution is 2.48. The summed E-state index contributed by atoms with van der Waals surface area (Å²) < 4.78 is 9.47. The lowest BCUT2D eigenvalue weighted by Crippen LogP contribution is -2.11. The van der Waals surface area contributed by atoms with Crippen LogP contribution in [0.1, 0.15) is 0 Å². The fourth-order valence-electron chi connectivity index (χ4n) is 8.29. The third-order valence-electron chi connectivity index (χ3n) is 10.9. The van der Waals surface area contributed by atoms with E-state index in [0.717, 1.165) is 50.1 Å². The predicted octanol–water partition coefficient (Wildman–Crippen LogP) is 15.6. The Morgan fingerprint density at radius 2 is 0.945 bits per heavy atom. The summed E-state index contributed by atoms with van der Waals surface area (Å²) in [6, 6.07) is 72.1. The Bertz CT molecular complexity index is 3190. The third kappa shape index (κ3) is 5.24. The van der Waals surface area contributed by atoms with E-state index in [1.165, 1.54) is 53.2 Å². The molecule has 0 unspecified atom stereocenters. The number of furan rings is 1. The highest BCUT2D eigenvalue weighted by Gasteiger charge is 2.24. The zero-order valence-electron chi connectivity index (χ0n) is 29.8. The minimum Gasteiger partial charge on any atom is -0.454 e. The van der Waals surface area contributed by atoms with Crippen LogP contribution in [0.15, 0.2) is 205 Å². The molecule has 55 heavy (non-hydrogen) atoms. The van der Waals surface area contributed by atoms with Crippen LogP contribution in [0, 0.1) is 0 Å². The third-order valence-corrected chi connectivity index (χ3v) is 12.1. The molecule has 9 aromatic carbocycles. The van der Waals surface area contributed by atoms with Crippen molar-refractivity contribution < 1.29 is 4.42 Å². The summed E-state index contributed by atoms with van der Waals surface area (Å²) in [6.07, 6.45) is 0. The zero-order valence-corrected chi connectivity index (χ0v) is 30.6. The van der Waals surface area contributed by atoms with Crippen molar-refractivity contribution in [3.05, 3.63) is 200 Å². The van der Waals surface area contributed by atoms with E-state index < -0.39 is 0 Å². The van der Waals surface area contributed by atoms with Crippen LogP contribution in [0.25, 0.3) is 86.3 Å². The Morgan fingerprint density at radius 1 is 0.364 bits per heavy atom. The molecule has 0 aliphatic heterocycles. The van der Waals surface area contributed by atoms with Gasteiger partial charge in [-0.05, 0) is 81.1 Å². The van der Waals surface area contributed by atoms with Gasteiger partial charge in [-0.1, -0.05) is 158 Å². The standard InChI is InChI=1S/C52H33NOS/c1-2-12-35(13-3-1)42-32-33-46-44-17-6-8-22-48(44)54-51(46)50(42)53(38-28-24-36(25-29-38)41-19-10-15-34-14-4-5-16-40(34)41)39-30-26-37(27-31-39)43-20-11-21-47-45-18-7-9-23-49(45)55-52(43)47/h1-33H. The molecular weight excluding hydrogens is 687 g/mol. The van der Waals surface area contributed by atoms with Gasteiger partial charge in [0.1, 0.15) is 5.58 Å². The fraction of sp³-hybridized carbons (Fsp3) is 0. The molecule has 0 amide bonds. The van der Waals surface area contributed by atoms with Crippen LogP contribution in [0.5, 0.6) is 0 Å². The average Bonchev–Trinajstić information content (AvgIpc) is 3.83. The van der Waals surface area contributed by atoms with Crippen LogP contribution in [0.3, 0.4) is 0 Å². The number of fused-ring (bicyclic) bond motifs is 7. The molecule has 3 heteroatoms. The molecule has 0 aliphatic rings. The van der Waals surface area contributed by atoms with E-state index in [9.17, 15) is 0 Å². The molecule has 0 atom stereocenters. The van der Waals surface area contributed by atoms with Gasteiger partial charge in [-0.2, -0.15) is 0 Å². The molecule has 0 saturated heterocycles. The normalized spacial score (nSPS) is 11.6. The summed E-state index contributed by atoms with van der Waals surface area (Å²) in [6.45, 7) is 0. The molecular formula is C52H33NOS. The summed E-state index contributed by atoms with van der Waals surface area (Å²) in [5.41, 5.74) is 11.9. The molecule has 0 bridgehead atoms. The lowest BCUT2D eigenvalue weighted by atomic mass is 9.97. The Morgan fingerprint density at radius 3 is 1.75 bits per heavy atom. The monoisotopic (exact) mass is 719 g/mol. The number of hydrogen-bond donors (Lipinski definition) is 0. The van der Waals surface area contributed by atoms with Crippen molar-refractivity contribution in [2.24, 2.45) is 0 Å². The lowest BCUT2D eigenvalue weighted by Gasteiger charge is -2.28. The van der Waals surface area contributed by atoms with Gasteiger partial charge in [0, 0.05) is 47.9 Å². The minimum absolute atomic E-state index is 0.861. The zero-order chi connectivity index (χ0) is 36.3. The molecule has 2 aromatic heterocycles. The largest absolute Gasteiger partial charge is 0.454 e. The maximum Gasteiger partial charge on any atom is 0.160 e. The Labute approximate surface area is 322 Å². The number of thiophene rings is 1. The molecule has 0 aliphatic carbocycles. The second-order valence-electron chi connectivity index (χ2n) is 14.0. The van der Waals surface area contributed by atoms with Crippen molar-refractivity contribution in [2.45, 2.75) is 0 Å². The first kappa shape index (κ1) is 31.6. The number of benzene rings is 9. The van der Waals surface area contributed by atoms with E-state index in [0.29, 0.717) is 0 Å². The second kappa shape index (κ2) is 12.9. The molecule has 2 nitrogen and oxygen atoms in total. The summed E-state index contributed by atoms with van der Waals surface area (Å²) in [4.78, 5) is 2.38. The van der Waals surface area contributed by atoms with E-state index in [-0.39, 0.29) is 0 Å². The quantitative estimate of drug-likeness (QED) is 0.170. The Hall–Kier alpha value is -6.94. The van der Waals surface area contributed by atoms with E-state index in [1.807, 2.05) is 17.4 Å². The van der Waals surface area contributed by atoms with Crippen LogP contribution < -0.4 is 4.90 Å². The van der Waals surface area contributed by atoms with Gasteiger partial charge in [-0.25, -0.2) is 0 Å². The molecule has 0 N–H and O–H groups in total. The molecule has 11 rings (SSSR count). The molecule has 0 radical (unpaired) electrons. The van der Waals surface area contributed by atoms with Crippen LogP contribution in [-0.2, 0) is 0 Å². The van der Waals surface area contributed by atoms with Crippen molar-refractivity contribution in [2.75, 3.05) is 4.90 Å². The molecule has 0 fully saturated rings. The van der Waals surface area contributed by atoms with Crippen LogP contribution in [-0.4, -0.2) is 0 Å². The molecule has 0 spiro atoms. The van der Waals surface area contributed by atoms with Crippen LogP contribution in [0.4, 0.5) is 17.1 Å². The van der Waals surface area contributed by atoms with E-state index >= 15 is 0 Å². The molecule has 258 valence electrons. The van der Waals surface area contributed by atoms with E-state index in [4.69, 9.17) is 4.42 Å². The van der Waals surface area contributed by atoms with Crippen LogP contribution in [0.2, 0.25) is 0 Å². The van der Waals surface area contributed by atoms with Gasteiger partial charge >= 0.3 is 0 Å². The average molecular weight is 720 g/mol. The first-order valence-corrected chi connectivity index (χ1v) is 19.5. The van der Waals surface area contributed by atoms with Gasteiger partial charge < -0.3 is 9.32 Å². The van der Waals surface area contributed by atoms with Gasteiger partial charge in [0.25, 0.3) is 0 Å². The maximum absolute atomic E-state index is 6.84. The number of para-hydroxylation sites is 1. The molecule has 11 aromatic rings. The minimum atomic E-state index is 0.861. The van der Waals surface area contributed by atoms with E-state index in [2.05, 4.69) is 199 Å². The van der Waals surface area contributed by atoms with Crippen LogP contribution >= 0.6 is 11.3 Å². The van der Waals surface area contributed by atoms with Gasteiger partial charge in [0.15, 0.2) is 5.58 Å². The van der Waals surface area contributed by atoms with Gasteiger partial charge in [0.2, 0.25) is 0 Å². The highest BCUT2D eigenvalue weighted by molar-refractivity contribution is 7.26. The van der Waals surface area contributed by atoms with E-state index in [1.54, 1.807) is 0 Å². The molecule has 0 saturated carbocycles. The van der Waals surface area contributed by atoms with Gasteiger partial charge in [-0.15, -0.1) is 11.3 Å².